The molecule has 4 heteroatoms. The third-order valence-electron chi connectivity index (χ3n) is 2.74. The molecule has 0 spiro atoms. The maximum atomic E-state index is 12.1. The molecule has 0 aliphatic carbocycles. The first-order chi connectivity index (χ1) is 7.22. The highest BCUT2D eigenvalue weighted by molar-refractivity contribution is 6.00. The lowest BCUT2D eigenvalue weighted by Crippen LogP contribution is -2.41. The van der Waals surface area contributed by atoms with Crippen molar-refractivity contribution in [1.82, 2.24) is 9.97 Å². The van der Waals surface area contributed by atoms with E-state index in [9.17, 15) is 4.79 Å². The van der Waals surface area contributed by atoms with Crippen LogP contribution < -0.4 is 0 Å². The Kier molecular flexibility index (Phi) is 2.77. The zero-order valence-electron chi connectivity index (χ0n) is 8.77. The van der Waals surface area contributed by atoms with Gasteiger partial charge in [-0.3, -0.25) is 9.78 Å². The number of ketones is 1. The van der Waals surface area contributed by atoms with E-state index >= 15 is 0 Å². The summed E-state index contributed by atoms with van der Waals surface area (Å²) < 4.78 is 5.56. The number of rotatable bonds is 2. The van der Waals surface area contributed by atoms with Crippen LogP contribution in [-0.2, 0) is 4.74 Å². The lowest BCUT2D eigenvalue weighted by molar-refractivity contribution is -0.0429. The predicted molar refractivity (Wildman–Crippen MR) is 54.6 cm³/mol. The van der Waals surface area contributed by atoms with Crippen molar-refractivity contribution in [1.29, 1.82) is 0 Å². The first kappa shape index (κ1) is 10.2. The van der Waals surface area contributed by atoms with E-state index in [0.717, 1.165) is 19.3 Å². The highest BCUT2D eigenvalue weighted by Crippen LogP contribution is 2.27. The van der Waals surface area contributed by atoms with Crippen LogP contribution in [0.4, 0.5) is 0 Å². The minimum atomic E-state index is -0.700. The van der Waals surface area contributed by atoms with E-state index in [-0.39, 0.29) is 5.78 Å². The summed E-state index contributed by atoms with van der Waals surface area (Å²) in [5.41, 5.74) is -0.309. The third-order valence-corrected chi connectivity index (χ3v) is 2.74. The smallest absolute Gasteiger partial charge is 0.214 e. The van der Waals surface area contributed by atoms with Crippen LogP contribution in [-0.4, -0.2) is 28.0 Å². The van der Waals surface area contributed by atoms with Crippen molar-refractivity contribution in [2.24, 2.45) is 0 Å². The van der Waals surface area contributed by atoms with E-state index in [1.807, 2.05) is 6.92 Å². The van der Waals surface area contributed by atoms with E-state index in [4.69, 9.17) is 4.74 Å². The highest BCUT2D eigenvalue weighted by Gasteiger charge is 2.37. The maximum absolute atomic E-state index is 12.1. The van der Waals surface area contributed by atoms with Crippen molar-refractivity contribution >= 4 is 5.78 Å². The Balaban J connectivity index is 2.20. The number of nitrogens with zero attached hydrogens (tertiary/aromatic N) is 2. The Hall–Kier alpha value is -1.29. The Bertz CT molecular complexity index is 345. The summed E-state index contributed by atoms with van der Waals surface area (Å²) in [6.45, 7) is 2.49. The second-order valence-corrected chi connectivity index (χ2v) is 3.96. The van der Waals surface area contributed by atoms with Crippen molar-refractivity contribution in [2.45, 2.75) is 31.8 Å². The number of hydrogen-bond acceptors (Lipinski definition) is 4. The Labute approximate surface area is 88.7 Å². The van der Waals surface area contributed by atoms with E-state index in [2.05, 4.69) is 9.97 Å². The summed E-state index contributed by atoms with van der Waals surface area (Å²) in [5, 5.41) is 0. The highest BCUT2D eigenvalue weighted by atomic mass is 16.5. The van der Waals surface area contributed by atoms with Crippen LogP contribution in [0.15, 0.2) is 18.6 Å². The van der Waals surface area contributed by atoms with E-state index in [1.54, 1.807) is 6.20 Å². The summed E-state index contributed by atoms with van der Waals surface area (Å²) in [6.07, 6.45) is 7.40. The summed E-state index contributed by atoms with van der Waals surface area (Å²) in [4.78, 5) is 20.0. The molecule has 1 aliphatic rings. The molecule has 2 rings (SSSR count). The van der Waals surface area contributed by atoms with Gasteiger partial charge in [-0.05, 0) is 26.2 Å². The number of carbonyl (C=O) groups is 1. The Morgan fingerprint density at radius 3 is 2.93 bits per heavy atom. The van der Waals surface area contributed by atoms with Gasteiger partial charge in [0.05, 0.1) is 6.20 Å². The van der Waals surface area contributed by atoms with E-state index < -0.39 is 5.60 Å². The van der Waals surface area contributed by atoms with Gasteiger partial charge in [-0.25, -0.2) is 4.98 Å². The molecule has 1 saturated heterocycles. The Morgan fingerprint density at radius 1 is 1.47 bits per heavy atom. The molecule has 15 heavy (non-hydrogen) atoms. The normalized spacial score (nSPS) is 26.2. The van der Waals surface area contributed by atoms with Gasteiger partial charge >= 0.3 is 0 Å². The number of Topliss-reactive ketones (excluding diaryl/α,β-unsaturated/α-hetero) is 1. The van der Waals surface area contributed by atoms with Gasteiger partial charge in [0.1, 0.15) is 11.3 Å². The minimum Gasteiger partial charge on any atom is -0.367 e. The molecule has 1 aromatic rings. The minimum absolute atomic E-state index is 0.0599. The second kappa shape index (κ2) is 4.06. The topological polar surface area (TPSA) is 52.1 Å². The standard InChI is InChI=1S/C11H14N2O2/c1-11(4-2-3-7-15-11)10(14)9-8-12-5-6-13-9/h5-6,8H,2-4,7H2,1H3. The van der Waals surface area contributed by atoms with Crippen molar-refractivity contribution in [3.8, 4) is 0 Å². The fraction of sp³-hybridized carbons (Fsp3) is 0.545. The van der Waals surface area contributed by atoms with Crippen LogP contribution >= 0.6 is 0 Å². The molecule has 2 heterocycles. The molecule has 1 atom stereocenters. The van der Waals surface area contributed by atoms with Crippen LogP contribution in [0.25, 0.3) is 0 Å². The molecule has 0 saturated carbocycles. The molecular formula is C11H14N2O2. The lowest BCUT2D eigenvalue weighted by Gasteiger charge is -2.31. The largest absolute Gasteiger partial charge is 0.367 e. The summed E-state index contributed by atoms with van der Waals surface area (Å²) in [7, 11) is 0. The summed E-state index contributed by atoms with van der Waals surface area (Å²) >= 11 is 0. The number of aromatic nitrogens is 2. The number of ether oxygens (including phenoxy) is 1. The second-order valence-electron chi connectivity index (χ2n) is 3.96. The quantitative estimate of drug-likeness (QED) is 0.690. The molecule has 80 valence electrons. The fourth-order valence-electron chi connectivity index (χ4n) is 1.80. The molecule has 4 nitrogen and oxygen atoms in total. The maximum Gasteiger partial charge on any atom is 0.214 e. The molecule has 1 unspecified atom stereocenters. The van der Waals surface area contributed by atoms with Gasteiger partial charge in [0, 0.05) is 19.0 Å². The van der Waals surface area contributed by atoms with E-state index in [0.29, 0.717) is 12.3 Å². The van der Waals surface area contributed by atoms with Gasteiger partial charge < -0.3 is 4.74 Å². The molecule has 1 aromatic heterocycles. The predicted octanol–water partition coefficient (Wildman–Crippen LogP) is 1.62. The Morgan fingerprint density at radius 2 is 2.33 bits per heavy atom. The molecule has 1 aliphatic heterocycles. The van der Waals surface area contributed by atoms with Crippen LogP contribution in [0.1, 0.15) is 36.7 Å². The van der Waals surface area contributed by atoms with Gasteiger partial charge in [-0.15, -0.1) is 0 Å². The SMILES string of the molecule is CC1(C(=O)c2cnccn2)CCCCO1. The number of carbonyl (C=O) groups excluding carboxylic acids is 1. The van der Waals surface area contributed by atoms with Crippen molar-refractivity contribution in [2.75, 3.05) is 6.61 Å². The first-order valence-corrected chi connectivity index (χ1v) is 5.17. The fourth-order valence-corrected chi connectivity index (χ4v) is 1.80. The van der Waals surface area contributed by atoms with Crippen LogP contribution in [0.5, 0.6) is 0 Å². The zero-order valence-corrected chi connectivity index (χ0v) is 8.77. The van der Waals surface area contributed by atoms with Gasteiger partial charge in [-0.2, -0.15) is 0 Å². The first-order valence-electron chi connectivity index (χ1n) is 5.17. The average molecular weight is 206 g/mol. The van der Waals surface area contributed by atoms with Crippen molar-refractivity contribution < 1.29 is 9.53 Å². The molecule has 0 amide bonds. The zero-order chi connectivity index (χ0) is 10.7. The third kappa shape index (κ3) is 2.04. The van der Waals surface area contributed by atoms with Crippen molar-refractivity contribution in [3.63, 3.8) is 0 Å². The molecule has 1 fully saturated rings. The van der Waals surface area contributed by atoms with Gasteiger partial charge in [0.25, 0.3) is 0 Å². The van der Waals surface area contributed by atoms with E-state index in [1.165, 1.54) is 12.4 Å². The number of hydrogen-bond donors (Lipinski definition) is 0. The molecule has 0 aromatic carbocycles. The lowest BCUT2D eigenvalue weighted by atomic mass is 9.90. The van der Waals surface area contributed by atoms with Crippen LogP contribution in [0, 0.1) is 0 Å². The van der Waals surface area contributed by atoms with Crippen molar-refractivity contribution in [3.05, 3.63) is 24.3 Å². The monoisotopic (exact) mass is 206 g/mol. The van der Waals surface area contributed by atoms with Crippen LogP contribution in [0.2, 0.25) is 0 Å². The van der Waals surface area contributed by atoms with Gasteiger partial charge in [-0.1, -0.05) is 0 Å². The average Bonchev–Trinajstić information content (AvgIpc) is 2.30. The van der Waals surface area contributed by atoms with Crippen LogP contribution in [0.3, 0.4) is 0 Å². The molecule has 0 radical (unpaired) electrons. The summed E-state index contributed by atoms with van der Waals surface area (Å²) in [5.74, 6) is -0.0599. The molecular weight excluding hydrogens is 192 g/mol. The molecule has 0 bridgehead atoms. The van der Waals surface area contributed by atoms with Gasteiger partial charge in [0.2, 0.25) is 5.78 Å². The summed E-state index contributed by atoms with van der Waals surface area (Å²) in [6, 6.07) is 0. The van der Waals surface area contributed by atoms with Gasteiger partial charge in [0.15, 0.2) is 0 Å². The molecule has 0 N–H and O–H groups in total.